The Morgan fingerprint density at radius 1 is 1.15 bits per heavy atom. The number of hydrogen-bond acceptors (Lipinski definition) is 8. The molecule has 0 fully saturated rings. The molecule has 1 N–H and O–H groups in total. The van der Waals surface area contributed by atoms with Gasteiger partial charge in [-0.25, -0.2) is 14.2 Å². The van der Waals surface area contributed by atoms with E-state index < -0.39 is 24.3 Å². The van der Waals surface area contributed by atoms with Crippen LogP contribution in [0.15, 0.2) is 59.4 Å². The zero-order chi connectivity index (χ0) is 24.1. The summed E-state index contributed by atoms with van der Waals surface area (Å²) in [6.45, 7) is 1.24. The Balaban J connectivity index is 1.41. The molecule has 0 aliphatic heterocycles. The van der Waals surface area contributed by atoms with E-state index in [4.69, 9.17) is 9.47 Å². The van der Waals surface area contributed by atoms with Gasteiger partial charge in [-0.05, 0) is 30.7 Å². The van der Waals surface area contributed by atoms with Gasteiger partial charge in [0.15, 0.2) is 18.2 Å². The highest BCUT2D eigenvalue weighted by Crippen LogP contribution is 2.19. The van der Waals surface area contributed by atoms with Crippen LogP contribution in [0.3, 0.4) is 0 Å². The minimum absolute atomic E-state index is 0.0577. The maximum atomic E-state index is 13.6. The summed E-state index contributed by atoms with van der Waals surface area (Å²) in [4.78, 5) is 41.9. The van der Waals surface area contributed by atoms with Crippen molar-refractivity contribution in [2.24, 2.45) is 0 Å². The Morgan fingerprint density at radius 3 is 2.71 bits per heavy atom. The van der Waals surface area contributed by atoms with Gasteiger partial charge in [0.05, 0.1) is 16.9 Å². The monoisotopic (exact) mass is 482 g/mol. The van der Waals surface area contributed by atoms with Crippen molar-refractivity contribution < 1.29 is 23.5 Å². The average molecular weight is 482 g/mol. The van der Waals surface area contributed by atoms with E-state index in [0.717, 1.165) is 5.01 Å². The SMILES string of the molecule is CCc1nn2c(=O)cc(COC(=O)c3ccccc3NC(=O)COc3ccccc3F)nc2s1. The van der Waals surface area contributed by atoms with Crippen molar-refractivity contribution in [3.63, 3.8) is 0 Å². The number of aromatic nitrogens is 3. The number of halogens is 1. The fourth-order valence-electron chi connectivity index (χ4n) is 2.99. The van der Waals surface area contributed by atoms with Gasteiger partial charge in [0.25, 0.3) is 11.5 Å². The minimum atomic E-state index is -0.716. The van der Waals surface area contributed by atoms with Crippen molar-refractivity contribution in [3.8, 4) is 5.75 Å². The zero-order valence-corrected chi connectivity index (χ0v) is 18.8. The number of carbonyl (C=O) groups is 2. The first-order chi connectivity index (χ1) is 16.4. The van der Waals surface area contributed by atoms with Gasteiger partial charge >= 0.3 is 5.97 Å². The van der Waals surface area contributed by atoms with E-state index in [1.54, 1.807) is 18.2 Å². The average Bonchev–Trinajstić information content (AvgIpc) is 3.26. The Bertz CT molecular complexity index is 1420. The molecule has 0 spiro atoms. The molecule has 174 valence electrons. The van der Waals surface area contributed by atoms with Gasteiger partial charge < -0.3 is 14.8 Å². The summed E-state index contributed by atoms with van der Waals surface area (Å²) in [5.74, 6) is -1.94. The second-order valence-electron chi connectivity index (χ2n) is 7.02. The number of amides is 1. The highest BCUT2D eigenvalue weighted by molar-refractivity contribution is 7.16. The summed E-state index contributed by atoms with van der Waals surface area (Å²) in [5, 5.41) is 7.50. The smallest absolute Gasteiger partial charge is 0.340 e. The fourth-order valence-corrected chi connectivity index (χ4v) is 3.85. The molecule has 0 bridgehead atoms. The number of aryl methyl sites for hydroxylation is 1. The van der Waals surface area contributed by atoms with Gasteiger partial charge in [-0.2, -0.15) is 9.61 Å². The summed E-state index contributed by atoms with van der Waals surface area (Å²) in [6, 6.07) is 13.2. The van der Waals surface area contributed by atoms with Gasteiger partial charge in [-0.1, -0.05) is 42.5 Å². The Kier molecular flexibility index (Phi) is 6.93. The molecular weight excluding hydrogens is 463 g/mol. The molecule has 2 aromatic carbocycles. The third kappa shape index (κ3) is 5.26. The summed E-state index contributed by atoms with van der Waals surface area (Å²) >= 11 is 1.29. The number of rotatable bonds is 8. The molecule has 9 nitrogen and oxygen atoms in total. The molecule has 4 rings (SSSR count). The van der Waals surface area contributed by atoms with E-state index in [-0.39, 0.29) is 34.9 Å². The maximum Gasteiger partial charge on any atom is 0.340 e. The molecule has 0 aliphatic rings. The van der Waals surface area contributed by atoms with Crippen LogP contribution < -0.4 is 15.6 Å². The lowest BCUT2D eigenvalue weighted by Gasteiger charge is -2.11. The molecule has 0 saturated carbocycles. The van der Waals surface area contributed by atoms with Gasteiger partial charge in [0.1, 0.15) is 11.6 Å². The predicted molar refractivity (Wildman–Crippen MR) is 123 cm³/mol. The first kappa shape index (κ1) is 23.1. The molecule has 0 atom stereocenters. The van der Waals surface area contributed by atoms with Gasteiger partial charge in [-0.3, -0.25) is 9.59 Å². The third-order valence-electron chi connectivity index (χ3n) is 4.61. The van der Waals surface area contributed by atoms with Crippen LogP contribution in [0, 0.1) is 5.82 Å². The lowest BCUT2D eigenvalue weighted by molar-refractivity contribution is -0.118. The normalized spacial score (nSPS) is 10.8. The van der Waals surface area contributed by atoms with Crippen LogP contribution in [0.4, 0.5) is 10.1 Å². The number of esters is 1. The van der Waals surface area contributed by atoms with E-state index in [0.29, 0.717) is 11.4 Å². The molecule has 0 aliphatic carbocycles. The highest BCUT2D eigenvalue weighted by Gasteiger charge is 2.16. The van der Waals surface area contributed by atoms with Crippen molar-refractivity contribution in [2.45, 2.75) is 20.0 Å². The van der Waals surface area contributed by atoms with E-state index in [2.05, 4.69) is 15.4 Å². The lowest BCUT2D eigenvalue weighted by Crippen LogP contribution is -2.22. The van der Waals surface area contributed by atoms with Gasteiger partial charge in [-0.15, -0.1) is 0 Å². The Labute approximate surface area is 196 Å². The van der Waals surface area contributed by atoms with Crippen LogP contribution in [0.2, 0.25) is 0 Å². The number of ether oxygens (including phenoxy) is 2. The number of carbonyl (C=O) groups excluding carboxylic acids is 2. The summed E-state index contributed by atoms with van der Waals surface area (Å²) in [6.07, 6.45) is 0.672. The second-order valence-corrected chi connectivity index (χ2v) is 8.06. The number of hydrogen-bond donors (Lipinski definition) is 1. The lowest BCUT2D eigenvalue weighted by atomic mass is 10.2. The molecule has 4 aromatic rings. The van der Waals surface area contributed by atoms with Crippen LogP contribution in [-0.4, -0.2) is 33.1 Å². The summed E-state index contributed by atoms with van der Waals surface area (Å²) in [7, 11) is 0. The van der Waals surface area contributed by atoms with Crippen molar-refractivity contribution in [2.75, 3.05) is 11.9 Å². The van der Waals surface area contributed by atoms with E-state index in [1.807, 2.05) is 6.92 Å². The van der Waals surface area contributed by atoms with E-state index in [1.165, 1.54) is 52.3 Å². The number of benzene rings is 2. The second kappa shape index (κ2) is 10.2. The van der Waals surface area contributed by atoms with Crippen molar-refractivity contribution in [1.29, 1.82) is 0 Å². The van der Waals surface area contributed by atoms with E-state index >= 15 is 0 Å². The first-order valence-corrected chi connectivity index (χ1v) is 11.1. The largest absolute Gasteiger partial charge is 0.481 e. The van der Waals surface area contributed by atoms with E-state index in [9.17, 15) is 18.8 Å². The zero-order valence-electron chi connectivity index (χ0n) is 18.0. The molecular formula is C23H19FN4O5S. The van der Waals surface area contributed by atoms with Crippen LogP contribution >= 0.6 is 11.3 Å². The number of nitrogens with zero attached hydrogens (tertiary/aromatic N) is 3. The predicted octanol–water partition coefficient (Wildman–Crippen LogP) is 3.23. The maximum absolute atomic E-state index is 13.6. The van der Waals surface area contributed by atoms with Crippen LogP contribution in [0.1, 0.15) is 28.0 Å². The molecule has 11 heteroatoms. The van der Waals surface area contributed by atoms with Crippen molar-refractivity contribution in [1.82, 2.24) is 14.6 Å². The van der Waals surface area contributed by atoms with Crippen LogP contribution in [0.25, 0.3) is 4.96 Å². The van der Waals surface area contributed by atoms with Gasteiger partial charge in [0.2, 0.25) is 4.96 Å². The Hall–Kier alpha value is -4.12. The molecule has 0 saturated heterocycles. The number of para-hydroxylation sites is 2. The van der Waals surface area contributed by atoms with Crippen molar-refractivity contribution >= 4 is 33.9 Å². The van der Waals surface area contributed by atoms with Crippen molar-refractivity contribution in [3.05, 3.63) is 87.0 Å². The van der Waals surface area contributed by atoms with Gasteiger partial charge in [0, 0.05) is 6.07 Å². The molecule has 34 heavy (non-hydrogen) atoms. The summed E-state index contributed by atoms with van der Waals surface area (Å²) < 4.78 is 25.4. The molecule has 1 amide bonds. The van der Waals surface area contributed by atoms with Crippen LogP contribution in [-0.2, 0) is 22.6 Å². The topological polar surface area (TPSA) is 112 Å². The molecule has 2 heterocycles. The Morgan fingerprint density at radius 2 is 1.91 bits per heavy atom. The third-order valence-corrected chi connectivity index (χ3v) is 5.66. The summed E-state index contributed by atoms with van der Waals surface area (Å²) in [5.41, 5.74) is 0.220. The minimum Gasteiger partial charge on any atom is -0.481 e. The number of nitrogens with one attached hydrogen (secondary N) is 1. The fraction of sp³-hybridized carbons (Fsp3) is 0.174. The number of fused-ring (bicyclic) bond motifs is 1. The van der Waals surface area contributed by atoms with Crippen LogP contribution in [0.5, 0.6) is 5.75 Å². The standard InChI is InChI=1S/C23H19FN4O5S/c1-2-20-27-28-21(30)11-14(25-23(28)34-20)12-33-22(31)15-7-3-5-9-17(15)26-19(29)13-32-18-10-6-4-8-16(18)24/h3-11H,2,12-13H2,1H3,(H,26,29). The molecule has 2 aromatic heterocycles. The quantitative estimate of drug-likeness (QED) is 0.384. The first-order valence-electron chi connectivity index (χ1n) is 10.3. The molecule has 0 radical (unpaired) electrons. The molecule has 0 unspecified atom stereocenters. The highest BCUT2D eigenvalue weighted by atomic mass is 32.1. The number of anilines is 1.